The Labute approximate surface area is 236 Å². The first-order valence-corrected chi connectivity index (χ1v) is 13.5. The molecule has 0 fully saturated rings. The number of halogens is 4. The highest BCUT2D eigenvalue weighted by molar-refractivity contribution is 6.32. The van der Waals surface area contributed by atoms with E-state index < -0.39 is 11.7 Å². The van der Waals surface area contributed by atoms with Gasteiger partial charge in [-0.25, -0.2) is 0 Å². The molecule has 0 radical (unpaired) electrons. The summed E-state index contributed by atoms with van der Waals surface area (Å²) in [6, 6.07) is 29.8. The predicted octanol–water partition coefficient (Wildman–Crippen LogP) is 8.19. The molecule has 1 heterocycles. The van der Waals surface area contributed by atoms with Gasteiger partial charge in [-0.2, -0.15) is 13.2 Å². The molecule has 0 N–H and O–H groups in total. The number of hydrogen-bond donors (Lipinski definition) is 0. The van der Waals surface area contributed by atoms with E-state index in [1.807, 2.05) is 48.5 Å². The van der Waals surface area contributed by atoms with E-state index in [0.717, 1.165) is 17.2 Å². The Morgan fingerprint density at radius 1 is 0.825 bits per heavy atom. The fraction of sp³-hybridized carbons (Fsp3) is 0.250. The van der Waals surface area contributed by atoms with Crippen LogP contribution >= 0.6 is 11.6 Å². The quantitative estimate of drug-likeness (QED) is 0.171. The summed E-state index contributed by atoms with van der Waals surface area (Å²) in [4.78, 5) is 2.15. The van der Waals surface area contributed by atoms with Gasteiger partial charge in [-0.05, 0) is 41.3 Å². The molecule has 5 rings (SSSR count). The van der Waals surface area contributed by atoms with Gasteiger partial charge in [0.2, 0.25) is 6.79 Å². The summed E-state index contributed by atoms with van der Waals surface area (Å²) in [7, 11) is 0. The third-order valence-electron chi connectivity index (χ3n) is 6.85. The first-order valence-electron chi connectivity index (χ1n) is 13.1. The maximum atomic E-state index is 13.6. The molecule has 4 aromatic rings. The van der Waals surface area contributed by atoms with Crippen molar-refractivity contribution in [2.75, 3.05) is 26.5 Å². The van der Waals surface area contributed by atoms with Crippen LogP contribution in [0.1, 0.15) is 34.6 Å². The van der Waals surface area contributed by atoms with Gasteiger partial charge >= 0.3 is 6.18 Å². The lowest BCUT2D eigenvalue weighted by molar-refractivity contribution is -0.137. The van der Waals surface area contributed by atoms with Crippen molar-refractivity contribution in [2.45, 2.75) is 25.1 Å². The van der Waals surface area contributed by atoms with E-state index in [9.17, 15) is 13.2 Å². The Kier molecular flexibility index (Phi) is 8.82. The second-order valence-electron chi connectivity index (χ2n) is 9.60. The molecule has 4 aromatic carbocycles. The topological polar surface area (TPSA) is 30.9 Å². The van der Waals surface area contributed by atoms with E-state index in [1.165, 1.54) is 6.07 Å². The summed E-state index contributed by atoms with van der Waals surface area (Å²) in [5.41, 5.74) is 1.88. The molecule has 0 saturated carbocycles. The Morgan fingerprint density at radius 3 is 2.17 bits per heavy atom. The van der Waals surface area contributed by atoms with Gasteiger partial charge in [-0.15, -0.1) is 0 Å². The van der Waals surface area contributed by atoms with Crippen LogP contribution in [0.2, 0.25) is 5.02 Å². The molecular weight excluding hydrogens is 539 g/mol. The minimum atomic E-state index is -4.52. The Balaban J connectivity index is 1.35. The van der Waals surface area contributed by atoms with Crippen LogP contribution in [0, 0.1) is 0 Å². The third-order valence-corrected chi connectivity index (χ3v) is 7.30. The molecule has 0 atom stereocenters. The van der Waals surface area contributed by atoms with Crippen molar-refractivity contribution in [3.8, 4) is 17.2 Å². The van der Waals surface area contributed by atoms with Gasteiger partial charge < -0.3 is 14.2 Å². The number of hydrogen-bond acceptors (Lipinski definition) is 4. The zero-order valence-electron chi connectivity index (χ0n) is 21.7. The van der Waals surface area contributed by atoms with Crippen molar-refractivity contribution in [3.63, 3.8) is 0 Å². The van der Waals surface area contributed by atoms with Crippen LogP contribution in [0.4, 0.5) is 13.2 Å². The highest BCUT2D eigenvalue weighted by atomic mass is 35.5. The summed E-state index contributed by atoms with van der Waals surface area (Å²) >= 11 is 6.30. The van der Waals surface area contributed by atoms with Crippen molar-refractivity contribution in [3.05, 3.63) is 124 Å². The highest BCUT2D eigenvalue weighted by Crippen LogP contribution is 2.37. The lowest BCUT2D eigenvalue weighted by Crippen LogP contribution is -2.31. The molecule has 208 valence electrons. The van der Waals surface area contributed by atoms with E-state index in [-0.39, 0.29) is 24.3 Å². The second kappa shape index (κ2) is 12.7. The molecule has 0 saturated heterocycles. The number of alkyl halides is 3. The van der Waals surface area contributed by atoms with E-state index >= 15 is 0 Å². The maximum Gasteiger partial charge on any atom is 0.417 e. The molecule has 0 amide bonds. The average Bonchev–Trinajstić information content (AvgIpc) is 3.43. The molecule has 1 aliphatic rings. The lowest BCUT2D eigenvalue weighted by atomic mass is 9.90. The number of fused-ring (bicyclic) bond motifs is 1. The van der Waals surface area contributed by atoms with Gasteiger partial charge in [0.1, 0.15) is 5.75 Å². The monoisotopic (exact) mass is 567 g/mol. The maximum absolute atomic E-state index is 13.6. The predicted molar refractivity (Wildman–Crippen MR) is 149 cm³/mol. The van der Waals surface area contributed by atoms with Crippen molar-refractivity contribution in [1.29, 1.82) is 0 Å². The second-order valence-corrected chi connectivity index (χ2v) is 9.98. The molecule has 0 unspecified atom stereocenters. The molecule has 40 heavy (non-hydrogen) atoms. The van der Waals surface area contributed by atoms with Crippen LogP contribution in [0.15, 0.2) is 97.1 Å². The third kappa shape index (κ3) is 6.90. The number of nitrogens with zero attached hydrogens (tertiary/aromatic N) is 1. The normalized spacial score (nSPS) is 12.8. The number of ether oxygens (including phenoxy) is 3. The smallest absolute Gasteiger partial charge is 0.417 e. The Hall–Kier alpha value is -3.68. The van der Waals surface area contributed by atoms with Gasteiger partial charge in [0.25, 0.3) is 0 Å². The van der Waals surface area contributed by atoms with E-state index in [0.29, 0.717) is 48.9 Å². The van der Waals surface area contributed by atoms with Crippen LogP contribution in [0.5, 0.6) is 17.2 Å². The molecule has 8 heteroatoms. The minimum absolute atomic E-state index is 0.0155. The number of rotatable bonds is 11. The molecular formula is C32H29ClF3NO3. The van der Waals surface area contributed by atoms with Gasteiger partial charge in [-0.3, -0.25) is 4.90 Å². The number of benzene rings is 4. The first kappa shape index (κ1) is 27.9. The van der Waals surface area contributed by atoms with E-state index in [4.69, 9.17) is 25.8 Å². The summed E-state index contributed by atoms with van der Waals surface area (Å²) < 4.78 is 57.5. The summed E-state index contributed by atoms with van der Waals surface area (Å²) in [6.45, 7) is 2.06. The van der Waals surface area contributed by atoms with Crippen LogP contribution in [-0.4, -0.2) is 31.4 Å². The minimum Gasteiger partial charge on any atom is -0.493 e. The van der Waals surface area contributed by atoms with Crippen LogP contribution in [0.25, 0.3) is 0 Å². The molecule has 0 aliphatic carbocycles. The van der Waals surface area contributed by atoms with Crippen LogP contribution < -0.4 is 14.2 Å². The summed E-state index contributed by atoms with van der Waals surface area (Å²) in [5.74, 6) is 2.01. The van der Waals surface area contributed by atoms with Crippen molar-refractivity contribution in [1.82, 2.24) is 4.90 Å². The fourth-order valence-electron chi connectivity index (χ4n) is 4.87. The van der Waals surface area contributed by atoms with E-state index in [1.54, 1.807) is 12.1 Å². The Morgan fingerprint density at radius 2 is 1.50 bits per heavy atom. The van der Waals surface area contributed by atoms with E-state index in [2.05, 4.69) is 29.2 Å². The molecule has 0 spiro atoms. The molecule has 0 aromatic heterocycles. The zero-order valence-corrected chi connectivity index (χ0v) is 22.5. The molecule has 1 aliphatic heterocycles. The highest BCUT2D eigenvalue weighted by Gasteiger charge is 2.34. The van der Waals surface area contributed by atoms with Crippen molar-refractivity contribution >= 4 is 11.6 Å². The van der Waals surface area contributed by atoms with Crippen LogP contribution in [-0.2, 0) is 12.7 Å². The Bertz CT molecular complexity index is 1360. The van der Waals surface area contributed by atoms with Gasteiger partial charge in [0.15, 0.2) is 11.5 Å². The zero-order chi connectivity index (χ0) is 28.0. The lowest BCUT2D eigenvalue weighted by Gasteiger charge is -2.29. The molecule has 0 bridgehead atoms. The standard InChI is InChI=1S/C32H29ClF3NO3/c33-31-25(13-7-14-28(31)32(34,35)36)20-37(17-8-18-38-26-15-16-29-30(19-26)40-22-39-29)21-27(23-9-3-1-4-10-23)24-11-5-2-6-12-24/h1-7,9-16,19,27H,8,17-18,20-22H2. The van der Waals surface area contributed by atoms with Crippen molar-refractivity contribution in [2.24, 2.45) is 0 Å². The fourth-order valence-corrected chi connectivity index (χ4v) is 5.17. The summed E-state index contributed by atoms with van der Waals surface area (Å²) in [5, 5.41) is -0.257. The van der Waals surface area contributed by atoms with Crippen LogP contribution in [0.3, 0.4) is 0 Å². The first-order chi connectivity index (χ1) is 19.4. The largest absolute Gasteiger partial charge is 0.493 e. The SMILES string of the molecule is FC(F)(F)c1cccc(CN(CCCOc2ccc3c(c2)OCO3)CC(c2ccccc2)c2ccccc2)c1Cl. The summed E-state index contributed by atoms with van der Waals surface area (Å²) in [6.07, 6.45) is -3.87. The average molecular weight is 568 g/mol. The van der Waals surface area contributed by atoms with Gasteiger partial charge in [0.05, 0.1) is 17.2 Å². The van der Waals surface area contributed by atoms with Gasteiger partial charge in [0, 0.05) is 31.6 Å². The molecule has 4 nitrogen and oxygen atoms in total. The van der Waals surface area contributed by atoms with Crippen molar-refractivity contribution < 1.29 is 27.4 Å². The van der Waals surface area contributed by atoms with Gasteiger partial charge in [-0.1, -0.05) is 84.4 Å².